The van der Waals surface area contributed by atoms with E-state index in [1.807, 2.05) is 0 Å². The van der Waals surface area contributed by atoms with E-state index in [1.54, 1.807) is 4.90 Å². The van der Waals surface area contributed by atoms with Gasteiger partial charge in [-0.3, -0.25) is 0 Å². The molecule has 2 aliphatic heterocycles. The Balaban J connectivity index is 2.07. The van der Waals surface area contributed by atoms with Crippen LogP contribution < -0.4 is 0 Å². The molecular formula is C10H15NO3. The first-order valence-electron chi connectivity index (χ1n) is 5.00. The van der Waals surface area contributed by atoms with Crippen LogP contribution in [-0.4, -0.2) is 34.3 Å². The van der Waals surface area contributed by atoms with E-state index in [-0.39, 0.29) is 24.3 Å². The number of rotatable bonds is 1. The van der Waals surface area contributed by atoms with Crippen molar-refractivity contribution in [1.82, 2.24) is 4.90 Å². The summed E-state index contributed by atoms with van der Waals surface area (Å²) >= 11 is 0. The molecule has 2 saturated heterocycles. The van der Waals surface area contributed by atoms with E-state index in [0.717, 1.165) is 19.1 Å². The second kappa shape index (κ2) is 3.61. The highest BCUT2D eigenvalue weighted by atomic mass is 16.5. The summed E-state index contributed by atoms with van der Waals surface area (Å²) in [6.45, 7) is 3.36. The zero-order valence-electron chi connectivity index (χ0n) is 8.06. The van der Waals surface area contributed by atoms with Crippen LogP contribution in [0.4, 0.5) is 4.79 Å². The standard InChI is InChI=1S/C10H15NO3/c1-2-14-10(13)11-7-3-4-8(11)6-9(12)5-7/h2,7-9,12H,1,3-6H2/t7-,8+,9?. The number of carbonyl (C=O) groups is 1. The molecule has 0 aromatic heterocycles. The Bertz CT molecular complexity index is 240. The van der Waals surface area contributed by atoms with Crippen LogP contribution in [0.15, 0.2) is 12.8 Å². The lowest BCUT2D eigenvalue weighted by Gasteiger charge is -2.35. The molecule has 0 aromatic carbocycles. The number of hydrogen-bond donors (Lipinski definition) is 1. The predicted octanol–water partition coefficient (Wildman–Crippen LogP) is 1.25. The Hall–Kier alpha value is -1.03. The summed E-state index contributed by atoms with van der Waals surface area (Å²) in [7, 11) is 0. The average Bonchev–Trinajstić information content (AvgIpc) is 2.39. The predicted molar refractivity (Wildman–Crippen MR) is 50.6 cm³/mol. The number of piperidine rings is 1. The van der Waals surface area contributed by atoms with Gasteiger partial charge < -0.3 is 14.7 Å². The number of amides is 1. The molecule has 78 valence electrons. The van der Waals surface area contributed by atoms with Gasteiger partial charge in [-0.15, -0.1) is 0 Å². The maximum Gasteiger partial charge on any atom is 0.415 e. The van der Waals surface area contributed by atoms with Gasteiger partial charge in [-0.25, -0.2) is 4.79 Å². The first-order valence-corrected chi connectivity index (χ1v) is 5.00. The molecule has 2 bridgehead atoms. The molecule has 0 saturated carbocycles. The minimum Gasteiger partial charge on any atom is -0.419 e. The number of fused-ring (bicyclic) bond motifs is 2. The van der Waals surface area contributed by atoms with Crippen LogP contribution in [0.1, 0.15) is 25.7 Å². The first-order chi connectivity index (χ1) is 6.72. The maximum absolute atomic E-state index is 11.5. The van der Waals surface area contributed by atoms with Crippen LogP contribution in [0.3, 0.4) is 0 Å². The summed E-state index contributed by atoms with van der Waals surface area (Å²) in [6, 6.07) is 0.326. The van der Waals surface area contributed by atoms with Crippen LogP contribution in [0.2, 0.25) is 0 Å². The smallest absolute Gasteiger partial charge is 0.415 e. The Morgan fingerprint density at radius 3 is 2.50 bits per heavy atom. The van der Waals surface area contributed by atoms with Crippen molar-refractivity contribution in [2.24, 2.45) is 0 Å². The molecule has 2 rings (SSSR count). The molecule has 3 atom stereocenters. The molecule has 0 spiro atoms. The third-order valence-corrected chi connectivity index (χ3v) is 3.10. The lowest BCUT2D eigenvalue weighted by Crippen LogP contribution is -2.47. The molecule has 2 aliphatic rings. The van der Waals surface area contributed by atoms with Crippen LogP contribution in [0, 0.1) is 0 Å². The highest BCUT2D eigenvalue weighted by Gasteiger charge is 2.43. The minimum absolute atomic E-state index is 0.163. The van der Waals surface area contributed by atoms with Gasteiger partial charge in [-0.1, -0.05) is 6.58 Å². The van der Waals surface area contributed by atoms with Crippen LogP contribution in [0.25, 0.3) is 0 Å². The lowest BCUT2D eigenvalue weighted by atomic mass is 10.0. The second-order valence-electron chi connectivity index (χ2n) is 3.97. The second-order valence-corrected chi connectivity index (χ2v) is 3.97. The summed E-state index contributed by atoms with van der Waals surface area (Å²) in [5.41, 5.74) is 0. The summed E-state index contributed by atoms with van der Waals surface area (Å²) in [5, 5.41) is 9.52. The van der Waals surface area contributed by atoms with E-state index >= 15 is 0 Å². The molecule has 14 heavy (non-hydrogen) atoms. The molecule has 1 N–H and O–H groups in total. The zero-order valence-corrected chi connectivity index (χ0v) is 8.06. The van der Waals surface area contributed by atoms with E-state index in [0.29, 0.717) is 12.8 Å². The normalized spacial score (nSPS) is 35.5. The van der Waals surface area contributed by atoms with E-state index < -0.39 is 0 Å². The fourth-order valence-corrected chi connectivity index (χ4v) is 2.58. The van der Waals surface area contributed by atoms with Crippen LogP contribution in [-0.2, 0) is 4.74 Å². The molecule has 2 heterocycles. The Morgan fingerprint density at radius 2 is 2.00 bits per heavy atom. The highest BCUT2D eigenvalue weighted by Crippen LogP contribution is 2.36. The van der Waals surface area contributed by atoms with Gasteiger partial charge in [0.2, 0.25) is 0 Å². The molecule has 0 radical (unpaired) electrons. The summed E-state index contributed by atoms with van der Waals surface area (Å²) in [5.74, 6) is 0. The highest BCUT2D eigenvalue weighted by molar-refractivity contribution is 5.69. The molecule has 1 unspecified atom stereocenters. The van der Waals surface area contributed by atoms with Crippen molar-refractivity contribution in [1.29, 1.82) is 0 Å². The summed E-state index contributed by atoms with van der Waals surface area (Å²) in [4.78, 5) is 13.3. The van der Waals surface area contributed by atoms with Crippen molar-refractivity contribution in [2.45, 2.75) is 43.9 Å². The number of aliphatic hydroxyl groups is 1. The summed E-state index contributed by atoms with van der Waals surface area (Å²) in [6.07, 6.45) is 3.92. The Labute approximate surface area is 83.2 Å². The third kappa shape index (κ3) is 1.50. The fraction of sp³-hybridized carbons (Fsp3) is 0.700. The quantitative estimate of drug-likeness (QED) is 0.644. The maximum atomic E-state index is 11.5. The van der Waals surface area contributed by atoms with Crippen molar-refractivity contribution >= 4 is 6.09 Å². The average molecular weight is 197 g/mol. The SMILES string of the molecule is C=COC(=O)N1[C@@H]2CC[C@H]1CC(O)C2. The number of aliphatic hydroxyl groups excluding tert-OH is 1. The van der Waals surface area contributed by atoms with Gasteiger partial charge >= 0.3 is 6.09 Å². The molecule has 1 amide bonds. The first kappa shape index (κ1) is 9.52. The minimum atomic E-state index is -0.320. The number of ether oxygens (including phenoxy) is 1. The van der Waals surface area contributed by atoms with Crippen molar-refractivity contribution in [3.63, 3.8) is 0 Å². The molecular weight excluding hydrogens is 182 g/mol. The monoisotopic (exact) mass is 197 g/mol. The van der Waals surface area contributed by atoms with Crippen molar-refractivity contribution < 1.29 is 14.6 Å². The molecule has 4 heteroatoms. The van der Waals surface area contributed by atoms with E-state index in [9.17, 15) is 9.90 Å². The van der Waals surface area contributed by atoms with Crippen LogP contribution >= 0.6 is 0 Å². The number of nitrogens with zero attached hydrogens (tertiary/aromatic N) is 1. The fourth-order valence-electron chi connectivity index (χ4n) is 2.58. The third-order valence-electron chi connectivity index (χ3n) is 3.10. The van der Waals surface area contributed by atoms with E-state index in [1.165, 1.54) is 0 Å². The van der Waals surface area contributed by atoms with Gasteiger partial charge in [0.15, 0.2) is 0 Å². The van der Waals surface area contributed by atoms with E-state index in [2.05, 4.69) is 6.58 Å². The van der Waals surface area contributed by atoms with Gasteiger partial charge in [0.05, 0.1) is 12.4 Å². The number of hydrogen-bond acceptors (Lipinski definition) is 3. The van der Waals surface area contributed by atoms with Gasteiger partial charge in [0.25, 0.3) is 0 Å². The Morgan fingerprint density at radius 1 is 1.43 bits per heavy atom. The summed E-state index contributed by atoms with van der Waals surface area (Å²) < 4.78 is 4.77. The number of carbonyl (C=O) groups excluding carboxylic acids is 1. The van der Waals surface area contributed by atoms with Crippen molar-refractivity contribution in [3.8, 4) is 0 Å². The van der Waals surface area contributed by atoms with E-state index in [4.69, 9.17) is 4.74 Å². The largest absolute Gasteiger partial charge is 0.419 e. The zero-order chi connectivity index (χ0) is 10.1. The van der Waals surface area contributed by atoms with Gasteiger partial charge in [-0.2, -0.15) is 0 Å². The van der Waals surface area contributed by atoms with Gasteiger partial charge in [0, 0.05) is 12.1 Å². The molecule has 2 fully saturated rings. The van der Waals surface area contributed by atoms with Gasteiger partial charge in [-0.05, 0) is 25.7 Å². The topological polar surface area (TPSA) is 49.8 Å². The van der Waals surface area contributed by atoms with Crippen molar-refractivity contribution in [2.75, 3.05) is 0 Å². The Kier molecular flexibility index (Phi) is 2.46. The molecule has 0 aliphatic carbocycles. The van der Waals surface area contributed by atoms with Crippen molar-refractivity contribution in [3.05, 3.63) is 12.8 Å². The van der Waals surface area contributed by atoms with Crippen LogP contribution in [0.5, 0.6) is 0 Å². The molecule has 0 aromatic rings. The lowest BCUT2D eigenvalue weighted by molar-refractivity contribution is 0.0361. The molecule has 4 nitrogen and oxygen atoms in total. The van der Waals surface area contributed by atoms with Gasteiger partial charge in [0.1, 0.15) is 0 Å².